The normalized spacial score (nSPS) is 15.4. The van der Waals surface area contributed by atoms with Gasteiger partial charge in [0.05, 0.1) is 13.7 Å². The summed E-state index contributed by atoms with van der Waals surface area (Å²) in [4.78, 5) is 19.0. The monoisotopic (exact) mass is 401 g/mol. The quantitative estimate of drug-likeness (QED) is 0.714. The second-order valence-corrected chi connectivity index (χ2v) is 7.72. The highest BCUT2D eigenvalue weighted by molar-refractivity contribution is 6.30. The van der Waals surface area contributed by atoms with Crippen molar-refractivity contribution in [1.29, 1.82) is 0 Å². The molecule has 0 aromatic heterocycles. The summed E-state index contributed by atoms with van der Waals surface area (Å²) >= 11 is 6.03. The number of likely N-dealkylation sites (N-methyl/N-ethyl adjacent to an activating group) is 1. The zero-order valence-electron chi connectivity index (χ0n) is 16.6. The molecular weight excluding hydrogens is 374 g/mol. The Hall–Kier alpha value is -2.08. The van der Waals surface area contributed by atoms with Gasteiger partial charge in [-0.3, -0.25) is 14.6 Å². The number of methoxy groups -OCH3 is 1. The predicted molar refractivity (Wildman–Crippen MR) is 113 cm³/mol. The molecule has 0 spiro atoms. The number of amides is 1. The molecule has 1 aliphatic rings. The van der Waals surface area contributed by atoms with Crippen LogP contribution in [-0.4, -0.2) is 67.5 Å². The van der Waals surface area contributed by atoms with Crippen LogP contribution in [0.1, 0.15) is 11.1 Å². The Balaban J connectivity index is 1.42. The van der Waals surface area contributed by atoms with Crippen LogP contribution in [-0.2, 0) is 17.9 Å². The minimum atomic E-state index is 0.142. The summed E-state index contributed by atoms with van der Waals surface area (Å²) in [5, 5.41) is 0.700. The van der Waals surface area contributed by atoms with E-state index in [1.54, 1.807) is 12.0 Å². The molecule has 1 heterocycles. The molecule has 1 aliphatic heterocycles. The molecule has 0 radical (unpaired) electrons. The molecular formula is C22H28ClN3O2. The van der Waals surface area contributed by atoms with Gasteiger partial charge in [0.15, 0.2) is 0 Å². The Labute approximate surface area is 172 Å². The van der Waals surface area contributed by atoms with Crippen molar-refractivity contribution in [2.45, 2.75) is 13.1 Å². The fraction of sp³-hybridized carbons (Fsp3) is 0.409. The fourth-order valence-electron chi connectivity index (χ4n) is 3.40. The highest BCUT2D eigenvalue weighted by Gasteiger charge is 2.20. The van der Waals surface area contributed by atoms with Gasteiger partial charge in [-0.1, -0.05) is 35.9 Å². The third-order valence-corrected chi connectivity index (χ3v) is 5.36. The molecule has 3 rings (SSSR count). The van der Waals surface area contributed by atoms with Gasteiger partial charge in [-0.15, -0.1) is 0 Å². The molecule has 0 saturated carbocycles. The number of piperazine rings is 1. The molecule has 150 valence electrons. The molecule has 0 atom stereocenters. The summed E-state index contributed by atoms with van der Waals surface area (Å²) in [6.45, 7) is 5.74. The van der Waals surface area contributed by atoms with Gasteiger partial charge in [0.25, 0.3) is 0 Å². The standard InChI is InChI=1S/C22H28ClN3O2/c1-24(15-19-4-3-5-20(23)14-19)22(27)17-26-12-10-25(11-13-26)16-18-6-8-21(28-2)9-7-18/h3-9,14H,10-13,15-17H2,1-2H3. The number of benzene rings is 2. The average Bonchev–Trinajstić information content (AvgIpc) is 2.70. The predicted octanol–water partition coefficient (Wildman–Crippen LogP) is 3.12. The number of carbonyl (C=O) groups is 1. The number of rotatable bonds is 7. The minimum absolute atomic E-state index is 0.142. The van der Waals surface area contributed by atoms with Gasteiger partial charge >= 0.3 is 0 Å². The van der Waals surface area contributed by atoms with E-state index in [1.807, 2.05) is 43.4 Å². The van der Waals surface area contributed by atoms with Gasteiger partial charge in [-0.25, -0.2) is 0 Å². The molecule has 0 bridgehead atoms. The first-order valence-corrected chi connectivity index (χ1v) is 9.97. The molecule has 2 aromatic rings. The summed E-state index contributed by atoms with van der Waals surface area (Å²) in [5.74, 6) is 1.03. The van der Waals surface area contributed by atoms with Crippen molar-refractivity contribution in [3.63, 3.8) is 0 Å². The van der Waals surface area contributed by atoms with Crippen LogP contribution in [0, 0.1) is 0 Å². The molecule has 1 saturated heterocycles. The van der Waals surface area contributed by atoms with Gasteiger partial charge in [0.1, 0.15) is 5.75 Å². The Morgan fingerprint density at radius 2 is 1.71 bits per heavy atom. The summed E-state index contributed by atoms with van der Waals surface area (Å²) in [5.41, 5.74) is 2.33. The van der Waals surface area contributed by atoms with Crippen LogP contribution in [0.25, 0.3) is 0 Å². The molecule has 28 heavy (non-hydrogen) atoms. The van der Waals surface area contributed by atoms with E-state index < -0.39 is 0 Å². The first kappa shape index (κ1) is 20.6. The van der Waals surface area contributed by atoms with Crippen LogP contribution in [0.3, 0.4) is 0 Å². The van der Waals surface area contributed by atoms with Gasteiger partial charge < -0.3 is 9.64 Å². The van der Waals surface area contributed by atoms with Crippen LogP contribution in [0.15, 0.2) is 48.5 Å². The lowest BCUT2D eigenvalue weighted by atomic mass is 10.2. The highest BCUT2D eigenvalue weighted by Crippen LogP contribution is 2.15. The van der Waals surface area contributed by atoms with Crippen molar-refractivity contribution in [1.82, 2.24) is 14.7 Å². The van der Waals surface area contributed by atoms with Crippen LogP contribution >= 0.6 is 11.6 Å². The molecule has 1 amide bonds. The Bertz CT molecular complexity index is 774. The van der Waals surface area contributed by atoms with Gasteiger partial charge in [-0.2, -0.15) is 0 Å². The van der Waals surface area contributed by atoms with Crippen molar-refractivity contribution >= 4 is 17.5 Å². The van der Waals surface area contributed by atoms with Crippen LogP contribution in [0.5, 0.6) is 5.75 Å². The van der Waals surface area contributed by atoms with Gasteiger partial charge in [0.2, 0.25) is 5.91 Å². The third kappa shape index (κ3) is 5.96. The molecule has 0 N–H and O–H groups in total. The number of hydrogen-bond acceptors (Lipinski definition) is 4. The maximum atomic E-state index is 12.6. The number of ether oxygens (including phenoxy) is 1. The topological polar surface area (TPSA) is 36.0 Å². The van der Waals surface area contributed by atoms with Gasteiger partial charge in [0, 0.05) is 51.3 Å². The molecule has 0 aliphatic carbocycles. The molecule has 6 heteroatoms. The highest BCUT2D eigenvalue weighted by atomic mass is 35.5. The van der Waals surface area contributed by atoms with E-state index in [4.69, 9.17) is 16.3 Å². The van der Waals surface area contributed by atoms with E-state index in [1.165, 1.54) is 5.56 Å². The van der Waals surface area contributed by atoms with Crippen molar-refractivity contribution in [2.24, 2.45) is 0 Å². The first-order valence-electron chi connectivity index (χ1n) is 9.59. The SMILES string of the molecule is COc1ccc(CN2CCN(CC(=O)N(C)Cc3cccc(Cl)c3)CC2)cc1. The average molecular weight is 402 g/mol. The lowest BCUT2D eigenvalue weighted by Crippen LogP contribution is -2.49. The van der Waals surface area contributed by atoms with Crippen molar-refractivity contribution in [3.8, 4) is 5.75 Å². The summed E-state index contributed by atoms with van der Waals surface area (Å²) in [6.07, 6.45) is 0. The number of halogens is 1. The molecule has 0 unspecified atom stereocenters. The first-order chi connectivity index (χ1) is 13.5. The van der Waals surface area contributed by atoms with E-state index in [-0.39, 0.29) is 5.91 Å². The van der Waals surface area contributed by atoms with Crippen LogP contribution < -0.4 is 4.74 Å². The Kier molecular flexibility index (Phi) is 7.31. The maximum Gasteiger partial charge on any atom is 0.236 e. The summed E-state index contributed by atoms with van der Waals surface area (Å²) in [6, 6.07) is 15.9. The summed E-state index contributed by atoms with van der Waals surface area (Å²) in [7, 11) is 3.53. The lowest BCUT2D eigenvalue weighted by molar-refractivity contribution is -0.132. The second-order valence-electron chi connectivity index (χ2n) is 7.28. The van der Waals surface area contributed by atoms with E-state index in [9.17, 15) is 4.79 Å². The van der Waals surface area contributed by atoms with E-state index in [0.29, 0.717) is 18.1 Å². The Morgan fingerprint density at radius 1 is 1.04 bits per heavy atom. The van der Waals surface area contributed by atoms with Crippen LogP contribution in [0.4, 0.5) is 0 Å². The molecule has 2 aromatic carbocycles. The van der Waals surface area contributed by atoms with E-state index in [2.05, 4.69) is 21.9 Å². The summed E-state index contributed by atoms with van der Waals surface area (Å²) < 4.78 is 5.21. The lowest BCUT2D eigenvalue weighted by Gasteiger charge is -2.35. The maximum absolute atomic E-state index is 12.6. The number of nitrogens with zero attached hydrogens (tertiary/aromatic N) is 3. The van der Waals surface area contributed by atoms with Crippen LogP contribution in [0.2, 0.25) is 5.02 Å². The van der Waals surface area contributed by atoms with Gasteiger partial charge in [-0.05, 0) is 35.4 Å². The third-order valence-electron chi connectivity index (χ3n) is 5.12. The van der Waals surface area contributed by atoms with Crippen molar-refractivity contribution in [2.75, 3.05) is 46.9 Å². The largest absolute Gasteiger partial charge is 0.497 e. The van der Waals surface area contributed by atoms with E-state index >= 15 is 0 Å². The van der Waals surface area contributed by atoms with Crippen molar-refractivity contribution < 1.29 is 9.53 Å². The minimum Gasteiger partial charge on any atom is -0.497 e. The second kappa shape index (κ2) is 9.92. The van der Waals surface area contributed by atoms with Crippen molar-refractivity contribution in [3.05, 3.63) is 64.7 Å². The molecule has 5 nitrogen and oxygen atoms in total. The Morgan fingerprint density at radius 3 is 2.36 bits per heavy atom. The van der Waals surface area contributed by atoms with E-state index in [0.717, 1.165) is 44.0 Å². The zero-order chi connectivity index (χ0) is 19.9. The smallest absolute Gasteiger partial charge is 0.236 e. The fourth-order valence-corrected chi connectivity index (χ4v) is 3.62. The number of carbonyl (C=O) groups excluding carboxylic acids is 1. The zero-order valence-corrected chi connectivity index (χ0v) is 17.4. The molecule has 1 fully saturated rings. The number of hydrogen-bond donors (Lipinski definition) is 0.